The lowest BCUT2D eigenvalue weighted by atomic mass is 9.93. The number of phenolic OH excluding ortho intramolecular Hbond substituents is 1. The van der Waals surface area contributed by atoms with Crippen molar-refractivity contribution in [2.24, 2.45) is 5.92 Å². The Kier molecular flexibility index (Phi) is 4.16. The predicted molar refractivity (Wildman–Crippen MR) is 92.8 cm³/mol. The van der Waals surface area contributed by atoms with Crippen LogP contribution < -0.4 is 0 Å². The lowest BCUT2D eigenvalue weighted by Gasteiger charge is -2.29. The molecule has 1 saturated heterocycles. The van der Waals surface area contributed by atoms with E-state index in [4.69, 9.17) is 4.11 Å². The molecule has 0 spiro atoms. The highest BCUT2D eigenvalue weighted by Crippen LogP contribution is 2.38. The molecule has 1 aliphatic heterocycles. The molecule has 1 aliphatic rings. The molecule has 4 nitrogen and oxygen atoms in total. The number of alkyl halides is 3. The zero-order valence-electron chi connectivity index (χ0n) is 17.3. The fourth-order valence-corrected chi connectivity index (χ4v) is 3.39. The second-order valence-electron chi connectivity index (χ2n) is 6.75. The predicted octanol–water partition coefficient (Wildman–Crippen LogP) is 4.06. The summed E-state index contributed by atoms with van der Waals surface area (Å²) in [5.74, 6) is -0.356. The number of aromatic nitrogens is 2. The molecule has 2 heterocycles. The van der Waals surface area contributed by atoms with Gasteiger partial charge >= 0.3 is 6.18 Å². The second-order valence-corrected chi connectivity index (χ2v) is 6.75. The van der Waals surface area contributed by atoms with E-state index < -0.39 is 24.5 Å². The van der Waals surface area contributed by atoms with E-state index in [1.807, 2.05) is 0 Å². The van der Waals surface area contributed by atoms with Crippen LogP contribution in [0.5, 0.6) is 5.75 Å². The number of nitrogens with zero attached hydrogens (tertiary/aromatic N) is 3. The van der Waals surface area contributed by atoms with Crippen LogP contribution in [-0.4, -0.2) is 40.3 Å². The Labute approximate surface area is 154 Å². The lowest BCUT2D eigenvalue weighted by Crippen LogP contribution is -2.33. The Morgan fingerprint density at radius 2 is 2.12 bits per heavy atom. The SMILES string of the molecule is [2H]C([2H])([2H])N1CCC[C@@H](Cc2ccc(-c3c(C)cc(C(F)(F)F)cc3O)nn2)C1. The number of phenols is 1. The number of hydrogen-bond acceptors (Lipinski definition) is 4. The Bertz CT molecular complexity index is 847. The van der Waals surface area contributed by atoms with Gasteiger partial charge in [-0.1, -0.05) is 0 Å². The van der Waals surface area contributed by atoms with Gasteiger partial charge in [-0.05, 0) is 75.5 Å². The van der Waals surface area contributed by atoms with Gasteiger partial charge in [0.25, 0.3) is 0 Å². The summed E-state index contributed by atoms with van der Waals surface area (Å²) in [5.41, 5.74) is 0.501. The average molecular weight is 368 g/mol. The molecule has 0 aliphatic carbocycles. The molecule has 140 valence electrons. The Morgan fingerprint density at radius 1 is 1.31 bits per heavy atom. The number of halogens is 3. The Hall–Kier alpha value is -2.15. The molecule has 3 rings (SSSR count). The van der Waals surface area contributed by atoms with Gasteiger partial charge in [0.1, 0.15) is 5.75 Å². The van der Waals surface area contributed by atoms with Crippen molar-refractivity contribution in [2.75, 3.05) is 20.1 Å². The van der Waals surface area contributed by atoms with Gasteiger partial charge in [-0.25, -0.2) is 0 Å². The quantitative estimate of drug-likeness (QED) is 0.888. The van der Waals surface area contributed by atoms with E-state index in [1.54, 1.807) is 12.1 Å². The molecule has 0 saturated carbocycles. The van der Waals surface area contributed by atoms with E-state index in [0.717, 1.165) is 18.9 Å². The number of benzene rings is 1. The number of aryl methyl sites for hydroxylation is 1. The highest BCUT2D eigenvalue weighted by molar-refractivity contribution is 5.71. The number of hydrogen-bond donors (Lipinski definition) is 1. The van der Waals surface area contributed by atoms with Crippen LogP contribution in [0, 0.1) is 12.8 Å². The highest BCUT2D eigenvalue weighted by Gasteiger charge is 2.32. The molecule has 2 aromatic rings. The summed E-state index contributed by atoms with van der Waals surface area (Å²) in [4.78, 5) is 1.49. The van der Waals surface area contributed by atoms with Crippen molar-refractivity contribution in [1.29, 1.82) is 0 Å². The third-order valence-electron chi connectivity index (χ3n) is 4.63. The molecule has 1 aromatic heterocycles. The first-order chi connectivity index (χ1) is 13.4. The highest BCUT2D eigenvalue weighted by atomic mass is 19.4. The smallest absolute Gasteiger partial charge is 0.416 e. The molecule has 1 fully saturated rings. The van der Waals surface area contributed by atoms with Crippen LogP contribution >= 0.6 is 0 Å². The normalized spacial score (nSPS) is 21.1. The summed E-state index contributed by atoms with van der Waals surface area (Å²) in [6.45, 7) is 0.375. The van der Waals surface area contributed by atoms with E-state index in [9.17, 15) is 18.3 Å². The van der Waals surface area contributed by atoms with Crippen molar-refractivity contribution in [3.8, 4) is 17.0 Å². The van der Waals surface area contributed by atoms with Crippen LogP contribution in [0.4, 0.5) is 13.2 Å². The zero-order valence-corrected chi connectivity index (χ0v) is 14.3. The lowest BCUT2D eigenvalue weighted by molar-refractivity contribution is -0.137. The molecule has 0 unspecified atom stereocenters. The van der Waals surface area contributed by atoms with Crippen LogP contribution in [0.3, 0.4) is 0 Å². The molecule has 0 bridgehead atoms. The van der Waals surface area contributed by atoms with Gasteiger partial charge in [-0.15, -0.1) is 0 Å². The van der Waals surface area contributed by atoms with Crippen molar-refractivity contribution >= 4 is 0 Å². The summed E-state index contributed by atoms with van der Waals surface area (Å²) < 4.78 is 61.3. The van der Waals surface area contributed by atoms with Gasteiger partial charge < -0.3 is 10.0 Å². The Balaban J connectivity index is 1.76. The number of piperidine rings is 1. The monoisotopic (exact) mass is 368 g/mol. The number of aromatic hydroxyl groups is 1. The average Bonchev–Trinajstić information content (AvgIpc) is 2.61. The number of rotatable bonds is 3. The van der Waals surface area contributed by atoms with Gasteiger partial charge in [0.05, 0.1) is 17.0 Å². The van der Waals surface area contributed by atoms with E-state index >= 15 is 0 Å². The van der Waals surface area contributed by atoms with E-state index in [2.05, 4.69) is 10.2 Å². The minimum atomic E-state index is -4.54. The largest absolute Gasteiger partial charge is 0.507 e. The van der Waals surface area contributed by atoms with Gasteiger partial charge in [0.2, 0.25) is 0 Å². The zero-order chi connectivity index (χ0) is 21.4. The molecule has 7 heteroatoms. The van der Waals surface area contributed by atoms with Crippen molar-refractivity contribution < 1.29 is 22.4 Å². The van der Waals surface area contributed by atoms with Crippen molar-refractivity contribution in [2.45, 2.75) is 32.4 Å². The summed E-state index contributed by atoms with van der Waals surface area (Å²) in [6, 6.07) is 4.98. The maximum atomic E-state index is 12.9. The first kappa shape index (κ1) is 15.0. The molecular formula is C19H22F3N3O. The summed E-state index contributed by atoms with van der Waals surface area (Å²) in [6.07, 6.45) is -2.28. The molecular weight excluding hydrogens is 343 g/mol. The fourth-order valence-electron chi connectivity index (χ4n) is 3.39. The van der Waals surface area contributed by atoms with Crippen LogP contribution in [0.1, 0.15) is 33.8 Å². The van der Waals surface area contributed by atoms with E-state index in [1.165, 1.54) is 11.8 Å². The molecule has 0 amide bonds. The first-order valence-corrected chi connectivity index (χ1v) is 8.44. The Morgan fingerprint density at radius 3 is 2.73 bits per heavy atom. The first-order valence-electron chi connectivity index (χ1n) is 9.94. The summed E-state index contributed by atoms with van der Waals surface area (Å²) in [5, 5.41) is 18.3. The molecule has 0 radical (unpaired) electrons. The molecule has 1 aromatic carbocycles. The molecule has 1 N–H and O–H groups in total. The fraction of sp³-hybridized carbons (Fsp3) is 0.474. The summed E-state index contributed by atoms with van der Waals surface area (Å²) in [7, 11) is 0. The topological polar surface area (TPSA) is 49.2 Å². The minimum Gasteiger partial charge on any atom is -0.507 e. The standard InChI is InChI=1S/C19H22F3N3O/c1-12-8-14(19(20,21)22)10-17(26)18(12)16-6-5-15(23-24-16)9-13-4-3-7-25(2)11-13/h5-6,8,10,13,26H,3-4,7,9,11H2,1-2H3/t13-/m0/s1/i2D3. The van der Waals surface area contributed by atoms with Crippen LogP contribution in [-0.2, 0) is 12.6 Å². The number of likely N-dealkylation sites (tertiary alicyclic amines) is 1. The summed E-state index contributed by atoms with van der Waals surface area (Å²) >= 11 is 0. The molecule has 26 heavy (non-hydrogen) atoms. The maximum Gasteiger partial charge on any atom is 0.416 e. The van der Waals surface area contributed by atoms with Crippen LogP contribution in [0.2, 0.25) is 0 Å². The molecule has 1 atom stereocenters. The van der Waals surface area contributed by atoms with Gasteiger partial charge in [-0.3, -0.25) is 0 Å². The van der Waals surface area contributed by atoms with Gasteiger partial charge in [0.15, 0.2) is 0 Å². The van der Waals surface area contributed by atoms with Crippen LogP contribution in [0.25, 0.3) is 11.3 Å². The van der Waals surface area contributed by atoms with Crippen molar-refractivity contribution in [1.82, 2.24) is 15.1 Å². The maximum absolute atomic E-state index is 12.9. The second kappa shape index (κ2) is 7.23. The van der Waals surface area contributed by atoms with Crippen molar-refractivity contribution in [3.63, 3.8) is 0 Å². The van der Waals surface area contributed by atoms with Gasteiger partial charge in [0, 0.05) is 16.2 Å². The third-order valence-corrected chi connectivity index (χ3v) is 4.63. The van der Waals surface area contributed by atoms with E-state index in [-0.39, 0.29) is 22.7 Å². The third kappa shape index (κ3) is 4.15. The van der Waals surface area contributed by atoms with Gasteiger partial charge in [-0.2, -0.15) is 23.4 Å². The van der Waals surface area contributed by atoms with Crippen molar-refractivity contribution in [3.05, 3.63) is 41.1 Å². The van der Waals surface area contributed by atoms with E-state index in [0.29, 0.717) is 31.3 Å². The van der Waals surface area contributed by atoms with Crippen LogP contribution in [0.15, 0.2) is 24.3 Å². The minimum absolute atomic E-state index is 0.144.